The van der Waals surface area contributed by atoms with Gasteiger partial charge in [0.1, 0.15) is 17.6 Å². The fraction of sp³-hybridized carbons (Fsp3) is 0.273. The molecule has 31 heavy (non-hydrogen) atoms. The number of carbonyl (C=O) groups is 2. The summed E-state index contributed by atoms with van der Waals surface area (Å²) >= 11 is 0.991. The Labute approximate surface area is 184 Å². The first-order valence-electron chi connectivity index (χ1n) is 9.53. The number of amides is 2. The third kappa shape index (κ3) is 5.05. The number of nitrogens with one attached hydrogen (secondary N) is 1. The molecule has 0 radical (unpaired) electrons. The number of halogens is 1. The summed E-state index contributed by atoms with van der Waals surface area (Å²) in [5.41, 5.74) is -0.229. The Kier molecular flexibility index (Phi) is 6.65. The number of hydrogen-bond acceptors (Lipinski definition) is 6. The molecule has 1 aromatic heterocycles. The Morgan fingerprint density at radius 1 is 1.13 bits per heavy atom. The molecular formula is C22H23FN4O3S. The maximum Gasteiger partial charge on any atom is 0.280 e. The molecule has 0 unspecified atom stereocenters. The Balaban J connectivity index is 2.25. The van der Waals surface area contributed by atoms with Gasteiger partial charge in [-0.1, -0.05) is 34.8 Å². The molecule has 0 aliphatic carbocycles. The molecule has 0 fully saturated rings. The summed E-state index contributed by atoms with van der Waals surface area (Å²) in [6, 6.07) is 11.4. The fourth-order valence-electron chi connectivity index (χ4n) is 3.12. The first-order valence-corrected chi connectivity index (χ1v) is 10.4. The van der Waals surface area contributed by atoms with E-state index in [-0.39, 0.29) is 11.4 Å². The average Bonchev–Trinajstić information content (AvgIpc) is 3.26. The minimum Gasteiger partial charge on any atom is -0.496 e. The summed E-state index contributed by atoms with van der Waals surface area (Å²) in [4.78, 5) is 28.1. The summed E-state index contributed by atoms with van der Waals surface area (Å²) in [5.74, 6) is -1.40. The maximum atomic E-state index is 14.9. The van der Waals surface area contributed by atoms with Gasteiger partial charge in [0.25, 0.3) is 5.91 Å². The van der Waals surface area contributed by atoms with Crippen molar-refractivity contribution in [2.75, 3.05) is 12.0 Å². The number of methoxy groups -OCH3 is 1. The maximum absolute atomic E-state index is 14.9. The smallest absolute Gasteiger partial charge is 0.280 e. The highest BCUT2D eigenvalue weighted by Crippen LogP contribution is 2.35. The van der Waals surface area contributed by atoms with Gasteiger partial charge in [0.2, 0.25) is 5.91 Å². The van der Waals surface area contributed by atoms with E-state index in [0.29, 0.717) is 11.3 Å². The van der Waals surface area contributed by atoms with E-state index in [1.165, 1.54) is 30.7 Å². The van der Waals surface area contributed by atoms with Crippen molar-refractivity contribution in [2.24, 2.45) is 0 Å². The number of nitrogens with zero attached hydrogens (tertiary/aromatic N) is 3. The van der Waals surface area contributed by atoms with Gasteiger partial charge in [0, 0.05) is 16.5 Å². The highest BCUT2D eigenvalue weighted by atomic mass is 32.1. The molecule has 0 bridgehead atoms. The normalized spacial score (nSPS) is 12.2. The highest BCUT2D eigenvalue weighted by molar-refractivity contribution is 7.03. The Morgan fingerprint density at radius 3 is 2.42 bits per heavy atom. The molecule has 7 nitrogen and oxygen atoms in total. The predicted octanol–water partition coefficient (Wildman–Crippen LogP) is 3.99. The van der Waals surface area contributed by atoms with Crippen LogP contribution >= 0.6 is 11.5 Å². The molecule has 0 aliphatic heterocycles. The number of ether oxygens (including phenoxy) is 1. The molecule has 3 rings (SSSR count). The zero-order valence-corrected chi connectivity index (χ0v) is 18.4. The van der Waals surface area contributed by atoms with E-state index >= 15 is 0 Å². The van der Waals surface area contributed by atoms with Gasteiger partial charge in [0.05, 0.1) is 12.8 Å². The SMILES string of the molecule is COc1ccccc1[C@H](C(=O)NC(C)(C)C)N(C(=O)c1csnn1)c1ccccc1F. The van der Waals surface area contributed by atoms with E-state index in [1.807, 2.05) is 20.8 Å². The fourth-order valence-corrected chi connectivity index (χ4v) is 3.55. The molecule has 1 heterocycles. The monoisotopic (exact) mass is 442 g/mol. The predicted molar refractivity (Wildman–Crippen MR) is 117 cm³/mol. The lowest BCUT2D eigenvalue weighted by Gasteiger charge is -2.34. The molecule has 9 heteroatoms. The van der Waals surface area contributed by atoms with Crippen LogP contribution in [0.25, 0.3) is 0 Å². The quantitative estimate of drug-likeness (QED) is 0.624. The second-order valence-corrected chi connectivity index (χ2v) is 8.41. The van der Waals surface area contributed by atoms with Crippen LogP contribution in [0.5, 0.6) is 5.75 Å². The van der Waals surface area contributed by atoms with Crippen LogP contribution in [-0.2, 0) is 4.79 Å². The molecule has 3 aromatic rings. The summed E-state index contributed by atoms with van der Waals surface area (Å²) in [5, 5.41) is 8.19. The Bertz CT molecular complexity index is 1070. The average molecular weight is 443 g/mol. The van der Waals surface area contributed by atoms with Crippen LogP contribution in [0.2, 0.25) is 0 Å². The highest BCUT2D eigenvalue weighted by Gasteiger charge is 2.38. The summed E-state index contributed by atoms with van der Waals surface area (Å²) in [7, 11) is 1.47. The van der Waals surface area contributed by atoms with Crippen molar-refractivity contribution in [3.05, 3.63) is 71.0 Å². The van der Waals surface area contributed by atoms with Crippen LogP contribution in [0, 0.1) is 5.82 Å². The molecule has 1 atom stereocenters. The van der Waals surface area contributed by atoms with Crippen molar-refractivity contribution in [1.82, 2.24) is 14.9 Å². The number of anilines is 1. The van der Waals surface area contributed by atoms with Crippen LogP contribution in [0.4, 0.5) is 10.1 Å². The number of carbonyl (C=O) groups excluding carboxylic acids is 2. The zero-order chi connectivity index (χ0) is 22.6. The Hall–Kier alpha value is -3.33. The van der Waals surface area contributed by atoms with Crippen LogP contribution in [0.3, 0.4) is 0 Å². The number of benzene rings is 2. The summed E-state index contributed by atoms with van der Waals surface area (Å²) < 4.78 is 24.1. The number of aromatic nitrogens is 2. The molecular weight excluding hydrogens is 419 g/mol. The van der Waals surface area contributed by atoms with Crippen LogP contribution < -0.4 is 15.0 Å². The topological polar surface area (TPSA) is 84.4 Å². The van der Waals surface area contributed by atoms with Gasteiger partial charge in [-0.2, -0.15) is 0 Å². The molecule has 1 N–H and O–H groups in total. The van der Waals surface area contributed by atoms with E-state index in [0.717, 1.165) is 16.4 Å². The molecule has 0 spiro atoms. The van der Waals surface area contributed by atoms with E-state index in [9.17, 15) is 14.0 Å². The van der Waals surface area contributed by atoms with Gasteiger partial charge < -0.3 is 10.1 Å². The summed E-state index contributed by atoms with van der Waals surface area (Å²) in [6.45, 7) is 5.47. The second-order valence-electron chi connectivity index (χ2n) is 7.80. The van der Waals surface area contributed by atoms with Crippen molar-refractivity contribution in [1.29, 1.82) is 0 Å². The Morgan fingerprint density at radius 2 is 1.81 bits per heavy atom. The van der Waals surface area contributed by atoms with E-state index in [4.69, 9.17) is 4.74 Å². The third-order valence-corrected chi connectivity index (χ3v) is 4.85. The van der Waals surface area contributed by atoms with E-state index in [2.05, 4.69) is 14.9 Å². The molecule has 2 aromatic carbocycles. The molecule has 0 saturated heterocycles. The lowest BCUT2D eigenvalue weighted by atomic mass is 9.99. The van der Waals surface area contributed by atoms with Crippen molar-refractivity contribution in [2.45, 2.75) is 32.4 Å². The molecule has 0 aliphatic rings. The standard InChI is InChI=1S/C22H23FN4O3S/c1-22(2,3)24-20(28)19(14-9-5-8-12-18(14)30-4)27(17-11-7-6-10-15(17)23)21(29)16-13-31-26-25-16/h5-13,19H,1-4H3,(H,24,28)/t19-/m1/s1. The number of rotatable bonds is 6. The van der Waals surface area contributed by atoms with Gasteiger partial charge in [-0.25, -0.2) is 4.39 Å². The van der Waals surface area contributed by atoms with Crippen LogP contribution in [-0.4, -0.2) is 34.1 Å². The molecule has 2 amide bonds. The van der Waals surface area contributed by atoms with Crippen molar-refractivity contribution < 1.29 is 18.7 Å². The summed E-state index contributed by atoms with van der Waals surface area (Å²) in [6.07, 6.45) is 0. The molecule has 162 valence electrons. The first-order chi connectivity index (χ1) is 14.7. The third-order valence-electron chi connectivity index (χ3n) is 4.35. The second kappa shape index (κ2) is 9.22. The van der Waals surface area contributed by atoms with Gasteiger partial charge in [-0.05, 0) is 50.5 Å². The zero-order valence-electron chi connectivity index (χ0n) is 17.6. The number of para-hydroxylation sites is 2. The van der Waals surface area contributed by atoms with Crippen LogP contribution in [0.1, 0.15) is 42.9 Å². The lowest BCUT2D eigenvalue weighted by molar-refractivity contribution is -0.123. The number of hydrogen-bond donors (Lipinski definition) is 1. The van der Waals surface area contributed by atoms with Crippen molar-refractivity contribution >= 4 is 29.0 Å². The van der Waals surface area contributed by atoms with E-state index in [1.54, 1.807) is 30.3 Å². The van der Waals surface area contributed by atoms with Gasteiger partial charge in [0.15, 0.2) is 5.69 Å². The first kappa shape index (κ1) is 22.4. The largest absolute Gasteiger partial charge is 0.496 e. The van der Waals surface area contributed by atoms with Gasteiger partial charge in [-0.15, -0.1) is 5.10 Å². The molecule has 0 saturated carbocycles. The van der Waals surface area contributed by atoms with E-state index < -0.39 is 29.2 Å². The van der Waals surface area contributed by atoms with Gasteiger partial charge in [-0.3, -0.25) is 14.5 Å². The minimum absolute atomic E-state index is 0.0108. The lowest BCUT2D eigenvalue weighted by Crippen LogP contribution is -2.50. The van der Waals surface area contributed by atoms with Gasteiger partial charge >= 0.3 is 0 Å². The minimum atomic E-state index is -1.22. The van der Waals surface area contributed by atoms with Crippen molar-refractivity contribution in [3.8, 4) is 5.75 Å². The van der Waals surface area contributed by atoms with Crippen LogP contribution in [0.15, 0.2) is 53.9 Å². The van der Waals surface area contributed by atoms with Crippen molar-refractivity contribution in [3.63, 3.8) is 0 Å².